The number of alkyl halides is 3. The molecule has 0 aliphatic rings. The third kappa shape index (κ3) is 4.72. The van der Waals surface area contributed by atoms with Crippen LogP contribution in [0.1, 0.15) is 17.5 Å². The topological polar surface area (TPSA) is 37.3 Å². The van der Waals surface area contributed by atoms with Crippen molar-refractivity contribution in [2.24, 2.45) is 0 Å². The van der Waals surface area contributed by atoms with Crippen LogP contribution in [0.4, 0.5) is 13.2 Å². The van der Waals surface area contributed by atoms with Crippen molar-refractivity contribution in [3.8, 4) is 0 Å². The summed E-state index contributed by atoms with van der Waals surface area (Å²) in [6, 6.07) is 4.79. The van der Waals surface area contributed by atoms with E-state index in [1.165, 1.54) is 18.2 Å². The Labute approximate surface area is 96.4 Å². The molecule has 1 aromatic rings. The van der Waals surface area contributed by atoms with E-state index in [0.717, 1.165) is 12.1 Å². The van der Waals surface area contributed by atoms with Crippen molar-refractivity contribution in [3.05, 3.63) is 47.5 Å². The van der Waals surface area contributed by atoms with Gasteiger partial charge in [0, 0.05) is 0 Å². The molecule has 0 spiro atoms. The summed E-state index contributed by atoms with van der Waals surface area (Å²) in [5.41, 5.74) is 0.0235. The lowest BCUT2D eigenvalue weighted by atomic mass is 10.1. The van der Waals surface area contributed by atoms with Crippen LogP contribution in [0.15, 0.2) is 36.4 Å². The van der Waals surface area contributed by atoms with Crippen molar-refractivity contribution < 1.29 is 23.1 Å². The second kappa shape index (κ2) is 5.52. The Morgan fingerprint density at radius 2 is 1.76 bits per heavy atom. The molecular weight excluding hydrogens is 233 g/mol. The van der Waals surface area contributed by atoms with Crippen LogP contribution in [-0.4, -0.2) is 11.1 Å². The third-order valence-corrected chi connectivity index (χ3v) is 2.09. The number of hydrogen-bond acceptors (Lipinski definition) is 1. The van der Waals surface area contributed by atoms with Gasteiger partial charge in [0.2, 0.25) is 0 Å². The second-order valence-electron chi connectivity index (χ2n) is 3.47. The summed E-state index contributed by atoms with van der Waals surface area (Å²) >= 11 is 0. The monoisotopic (exact) mass is 244 g/mol. The van der Waals surface area contributed by atoms with Crippen LogP contribution in [0.25, 0.3) is 0 Å². The zero-order valence-corrected chi connectivity index (χ0v) is 8.87. The molecule has 0 radical (unpaired) electrons. The fraction of sp³-hybridized carbons (Fsp3) is 0.250. The number of benzene rings is 1. The van der Waals surface area contributed by atoms with Crippen LogP contribution in [0.2, 0.25) is 0 Å². The van der Waals surface area contributed by atoms with Gasteiger partial charge in [0.15, 0.2) is 0 Å². The van der Waals surface area contributed by atoms with Crippen molar-refractivity contribution in [2.45, 2.75) is 19.0 Å². The van der Waals surface area contributed by atoms with Gasteiger partial charge in [0.25, 0.3) is 0 Å². The predicted molar refractivity (Wildman–Crippen MR) is 56.5 cm³/mol. The summed E-state index contributed by atoms with van der Waals surface area (Å²) in [7, 11) is 0. The molecular formula is C12H11F3O2. The first-order chi connectivity index (χ1) is 7.89. The highest BCUT2D eigenvalue weighted by molar-refractivity contribution is 5.68. The van der Waals surface area contributed by atoms with Gasteiger partial charge in [-0.2, -0.15) is 13.2 Å². The van der Waals surface area contributed by atoms with Gasteiger partial charge in [0.1, 0.15) is 0 Å². The molecule has 0 atom stereocenters. The molecule has 0 amide bonds. The van der Waals surface area contributed by atoms with Crippen molar-refractivity contribution >= 4 is 5.97 Å². The van der Waals surface area contributed by atoms with E-state index in [-0.39, 0.29) is 6.42 Å². The van der Waals surface area contributed by atoms with E-state index in [4.69, 9.17) is 5.11 Å². The third-order valence-electron chi connectivity index (χ3n) is 2.09. The second-order valence-corrected chi connectivity index (χ2v) is 3.47. The van der Waals surface area contributed by atoms with Gasteiger partial charge in [-0.3, -0.25) is 4.79 Å². The molecule has 0 saturated heterocycles. The molecule has 0 aliphatic carbocycles. The van der Waals surface area contributed by atoms with Gasteiger partial charge >= 0.3 is 12.1 Å². The summed E-state index contributed by atoms with van der Waals surface area (Å²) in [5.74, 6) is -0.936. The van der Waals surface area contributed by atoms with E-state index in [2.05, 4.69) is 0 Å². The molecule has 0 fully saturated rings. The van der Waals surface area contributed by atoms with Gasteiger partial charge in [-0.05, 0) is 24.1 Å². The Kier molecular flexibility index (Phi) is 4.31. The molecule has 0 heterocycles. The average Bonchev–Trinajstić information content (AvgIpc) is 2.23. The first-order valence-corrected chi connectivity index (χ1v) is 4.92. The van der Waals surface area contributed by atoms with Crippen molar-refractivity contribution in [3.63, 3.8) is 0 Å². The maximum absolute atomic E-state index is 12.2. The summed E-state index contributed by atoms with van der Waals surface area (Å²) in [6.07, 6.45) is -0.888. The van der Waals surface area contributed by atoms with Gasteiger partial charge in [-0.15, -0.1) is 0 Å². The van der Waals surface area contributed by atoms with Crippen LogP contribution in [0.3, 0.4) is 0 Å². The average molecular weight is 244 g/mol. The Bertz CT molecular complexity index is 405. The number of carboxylic acid groups (broad SMARTS) is 1. The Morgan fingerprint density at radius 3 is 2.24 bits per heavy atom. The lowest BCUT2D eigenvalue weighted by Crippen LogP contribution is -2.04. The molecule has 0 unspecified atom stereocenters. The van der Waals surface area contributed by atoms with Crippen LogP contribution in [-0.2, 0) is 17.4 Å². The number of hydrogen-bond donors (Lipinski definition) is 1. The smallest absolute Gasteiger partial charge is 0.416 e. The van der Waals surface area contributed by atoms with Crippen LogP contribution < -0.4 is 0 Å². The van der Waals surface area contributed by atoms with E-state index in [9.17, 15) is 18.0 Å². The van der Waals surface area contributed by atoms with Crippen LogP contribution >= 0.6 is 0 Å². The predicted octanol–water partition coefficient (Wildman–Crippen LogP) is 3.28. The number of allylic oxidation sites excluding steroid dienone is 1. The molecule has 1 aromatic carbocycles. The van der Waals surface area contributed by atoms with Gasteiger partial charge in [0.05, 0.1) is 12.0 Å². The van der Waals surface area contributed by atoms with Crippen LogP contribution in [0, 0.1) is 0 Å². The number of carbonyl (C=O) groups is 1. The fourth-order valence-corrected chi connectivity index (χ4v) is 1.23. The SMILES string of the molecule is O=C(O)C/C=C\Cc1ccc(C(F)(F)F)cc1. The normalized spacial score (nSPS) is 11.9. The molecule has 17 heavy (non-hydrogen) atoms. The minimum Gasteiger partial charge on any atom is -0.481 e. The van der Waals surface area contributed by atoms with E-state index in [1.54, 1.807) is 6.08 Å². The van der Waals surface area contributed by atoms with Crippen LogP contribution in [0.5, 0.6) is 0 Å². The molecule has 1 N–H and O–H groups in total. The van der Waals surface area contributed by atoms with Crippen molar-refractivity contribution in [1.29, 1.82) is 0 Å². The van der Waals surface area contributed by atoms with E-state index in [1.807, 2.05) is 0 Å². The summed E-state index contributed by atoms with van der Waals surface area (Å²) < 4.78 is 36.7. The maximum Gasteiger partial charge on any atom is 0.416 e. The lowest BCUT2D eigenvalue weighted by Gasteiger charge is -2.06. The number of halogens is 3. The standard InChI is InChI=1S/C12H11F3O2/c13-12(14,15)10-7-5-9(6-8-10)3-1-2-4-11(16)17/h1-2,5-8H,3-4H2,(H,16,17)/b2-1-. The molecule has 0 aromatic heterocycles. The van der Waals surface area contributed by atoms with E-state index >= 15 is 0 Å². The fourth-order valence-electron chi connectivity index (χ4n) is 1.23. The zero-order valence-electron chi connectivity index (χ0n) is 8.87. The molecule has 5 heteroatoms. The maximum atomic E-state index is 12.2. The highest BCUT2D eigenvalue weighted by Crippen LogP contribution is 2.29. The highest BCUT2D eigenvalue weighted by atomic mass is 19.4. The molecule has 0 bridgehead atoms. The van der Waals surface area contributed by atoms with Crippen molar-refractivity contribution in [2.75, 3.05) is 0 Å². The highest BCUT2D eigenvalue weighted by Gasteiger charge is 2.29. The Balaban J connectivity index is 2.57. The van der Waals surface area contributed by atoms with Gasteiger partial charge < -0.3 is 5.11 Å². The minimum absolute atomic E-state index is 0.0827. The Hall–Kier alpha value is -1.78. The summed E-state index contributed by atoms with van der Waals surface area (Å²) in [6.45, 7) is 0. The summed E-state index contributed by atoms with van der Waals surface area (Å²) in [4.78, 5) is 10.2. The van der Waals surface area contributed by atoms with Gasteiger partial charge in [-0.1, -0.05) is 24.3 Å². The lowest BCUT2D eigenvalue weighted by molar-refractivity contribution is -0.138. The molecule has 0 saturated carbocycles. The molecule has 1 rings (SSSR count). The minimum atomic E-state index is -4.32. The largest absolute Gasteiger partial charge is 0.481 e. The molecule has 0 aliphatic heterocycles. The zero-order chi connectivity index (χ0) is 12.9. The Morgan fingerprint density at radius 1 is 1.18 bits per heavy atom. The number of carboxylic acids is 1. The number of rotatable bonds is 4. The quantitative estimate of drug-likeness (QED) is 0.825. The molecule has 92 valence electrons. The van der Waals surface area contributed by atoms with Crippen molar-refractivity contribution in [1.82, 2.24) is 0 Å². The van der Waals surface area contributed by atoms with E-state index < -0.39 is 17.7 Å². The van der Waals surface area contributed by atoms with Gasteiger partial charge in [-0.25, -0.2) is 0 Å². The number of aliphatic carboxylic acids is 1. The first kappa shape index (κ1) is 13.3. The summed E-state index contributed by atoms with van der Waals surface area (Å²) in [5, 5.41) is 8.36. The molecule has 2 nitrogen and oxygen atoms in total. The first-order valence-electron chi connectivity index (χ1n) is 4.92. The van der Waals surface area contributed by atoms with E-state index in [0.29, 0.717) is 12.0 Å².